The second-order valence-corrected chi connectivity index (χ2v) is 21.4. The number of aromatic nitrogens is 1. The van der Waals surface area contributed by atoms with Crippen LogP contribution in [-0.2, 0) is 30.4 Å². The van der Waals surface area contributed by atoms with Gasteiger partial charge in [-0.25, -0.2) is 0 Å². The predicted molar refractivity (Wildman–Crippen MR) is 226 cm³/mol. The number of fused-ring (bicyclic) bond motifs is 7. The summed E-state index contributed by atoms with van der Waals surface area (Å²) in [4.78, 5) is 46.2. The van der Waals surface area contributed by atoms with Gasteiger partial charge in [0.05, 0.1) is 30.2 Å². The molecular formula is C48H75N3O7. The minimum Gasteiger partial charge on any atom is -0.481 e. The van der Waals surface area contributed by atoms with Crippen molar-refractivity contribution in [3.8, 4) is 0 Å². The lowest BCUT2D eigenvalue weighted by molar-refractivity contribution is -0.235. The number of esters is 1. The number of aliphatic hydroxyl groups is 1. The van der Waals surface area contributed by atoms with Crippen LogP contribution in [0.5, 0.6) is 0 Å². The zero-order chi connectivity index (χ0) is 42.5. The summed E-state index contributed by atoms with van der Waals surface area (Å²) < 4.78 is 11.4. The Morgan fingerprint density at radius 3 is 2.38 bits per heavy atom. The molecule has 0 unspecified atom stereocenters. The number of hydrogen-bond donors (Lipinski definition) is 3. The first-order valence-corrected chi connectivity index (χ1v) is 22.4. The maximum atomic E-state index is 14.3. The molecule has 3 N–H and O–H groups in total. The van der Waals surface area contributed by atoms with Gasteiger partial charge in [0.15, 0.2) is 5.78 Å². The second-order valence-electron chi connectivity index (χ2n) is 21.4. The van der Waals surface area contributed by atoms with Crippen LogP contribution >= 0.6 is 0 Å². The highest BCUT2D eigenvalue weighted by atomic mass is 16.5. The average molecular weight is 806 g/mol. The van der Waals surface area contributed by atoms with Crippen molar-refractivity contribution in [2.45, 2.75) is 145 Å². The van der Waals surface area contributed by atoms with E-state index in [1.54, 1.807) is 21.0 Å². The van der Waals surface area contributed by atoms with Crippen molar-refractivity contribution < 1.29 is 34.1 Å². The normalized spacial score (nSPS) is 34.9. The number of ether oxygens (including phenoxy) is 2. The van der Waals surface area contributed by atoms with E-state index in [2.05, 4.69) is 63.7 Å². The number of carboxylic acid groups (broad SMARTS) is 1. The summed E-state index contributed by atoms with van der Waals surface area (Å²) in [6.45, 7) is 23.7. The summed E-state index contributed by atoms with van der Waals surface area (Å²) in [5.41, 5.74) is 1.28. The molecule has 5 aliphatic carbocycles. The van der Waals surface area contributed by atoms with Crippen molar-refractivity contribution in [2.24, 2.45) is 56.2 Å². The molecule has 0 spiro atoms. The molecule has 0 amide bonds. The monoisotopic (exact) mass is 806 g/mol. The number of nitrogens with zero attached hydrogens (tertiary/aromatic N) is 2. The van der Waals surface area contributed by atoms with E-state index < -0.39 is 28.9 Å². The highest BCUT2D eigenvalue weighted by Gasteiger charge is 2.71. The molecule has 324 valence electrons. The fraction of sp³-hybridized carbons (Fsp3) is 0.792. The standard InChI is InChI=1S/C48H75N3O7/c1-31(2)40-34(52)27-48(37(53)30-51(25-23-49-24-26-57-10)29-32-13-11-12-22-50-32)21-20-46(8)33(41(40)48)14-15-36-45(7)18-17-38(58-39(54)28-43(3,4)42(55)56)44(5,6)35(45)16-19-47(36,46)9/h11-13,22,31,33,35-38,49,53H,14-21,23-30H2,1-10H3,(H,55,56)/t33-,35+,36-,37+,38+,45+,46-,47-,48+/m1/s1. The van der Waals surface area contributed by atoms with Gasteiger partial charge in [0.2, 0.25) is 0 Å². The van der Waals surface area contributed by atoms with E-state index in [4.69, 9.17) is 9.47 Å². The van der Waals surface area contributed by atoms with Crippen LogP contribution in [-0.4, -0.2) is 89.9 Å². The number of aliphatic hydroxyl groups excluding tert-OH is 1. The lowest BCUT2D eigenvalue weighted by atomic mass is 9.33. The fourth-order valence-electron chi connectivity index (χ4n) is 13.8. The number of ketones is 1. The Balaban J connectivity index is 1.27. The number of Topliss-reactive ketones (excluding diaryl/α,β-unsaturated/α-hetero) is 1. The number of rotatable bonds is 16. The number of pyridine rings is 1. The van der Waals surface area contributed by atoms with Gasteiger partial charge in [0.25, 0.3) is 0 Å². The number of carboxylic acids is 1. The molecule has 0 aliphatic heterocycles. The molecule has 9 atom stereocenters. The molecule has 0 bridgehead atoms. The number of aliphatic carboxylic acids is 1. The lowest BCUT2D eigenvalue weighted by Gasteiger charge is -2.72. The second kappa shape index (κ2) is 16.7. The van der Waals surface area contributed by atoms with Crippen molar-refractivity contribution in [3.05, 3.63) is 41.2 Å². The van der Waals surface area contributed by atoms with Crippen molar-refractivity contribution in [3.63, 3.8) is 0 Å². The van der Waals surface area contributed by atoms with Crippen LogP contribution in [0, 0.1) is 56.2 Å². The molecule has 1 aromatic heterocycles. The van der Waals surface area contributed by atoms with Gasteiger partial charge in [-0.1, -0.05) is 60.1 Å². The average Bonchev–Trinajstić information content (AvgIpc) is 3.46. The zero-order valence-corrected chi connectivity index (χ0v) is 37.4. The van der Waals surface area contributed by atoms with E-state index >= 15 is 0 Å². The Morgan fingerprint density at radius 2 is 1.72 bits per heavy atom. The van der Waals surface area contributed by atoms with Gasteiger partial charge < -0.3 is 25.0 Å². The number of hydrogen-bond acceptors (Lipinski definition) is 9. The van der Waals surface area contributed by atoms with Crippen LogP contribution in [0.3, 0.4) is 0 Å². The molecule has 0 radical (unpaired) electrons. The first kappa shape index (κ1) is 44.9. The van der Waals surface area contributed by atoms with E-state index in [0.717, 1.165) is 82.3 Å². The third kappa shape index (κ3) is 7.75. The topological polar surface area (TPSA) is 138 Å². The predicted octanol–water partition coefficient (Wildman–Crippen LogP) is 7.87. The molecule has 58 heavy (non-hydrogen) atoms. The highest BCUT2D eigenvalue weighted by Crippen LogP contribution is 2.77. The Morgan fingerprint density at radius 1 is 0.983 bits per heavy atom. The maximum Gasteiger partial charge on any atom is 0.309 e. The number of methoxy groups -OCH3 is 1. The SMILES string of the molecule is COCCNCCN(Cc1ccccn1)C[C@H](O)[C@@]12CC[C@]3(C)[C@H](CC[C@@H]4[C@@]5(C)CC[C@H](OC(=O)CC(C)(C)C(=O)O)C(C)(C)[C@@H]5CC[C@]43C)C1=C(C(C)C)C(=O)C2. The van der Waals surface area contributed by atoms with Crippen molar-refractivity contribution in [2.75, 3.05) is 39.9 Å². The lowest BCUT2D eigenvalue weighted by Crippen LogP contribution is -2.66. The van der Waals surface area contributed by atoms with Crippen LogP contribution in [0.4, 0.5) is 0 Å². The number of carbonyl (C=O) groups is 3. The van der Waals surface area contributed by atoms with E-state index in [1.807, 2.05) is 24.4 Å². The van der Waals surface area contributed by atoms with Crippen LogP contribution < -0.4 is 5.32 Å². The molecule has 0 aromatic carbocycles. The summed E-state index contributed by atoms with van der Waals surface area (Å²) >= 11 is 0. The number of allylic oxidation sites excluding steroid dienone is 1. The van der Waals surface area contributed by atoms with Gasteiger partial charge in [-0.3, -0.25) is 24.3 Å². The molecule has 5 aliphatic rings. The van der Waals surface area contributed by atoms with Crippen LogP contribution in [0.2, 0.25) is 0 Å². The molecule has 1 heterocycles. The highest BCUT2D eigenvalue weighted by molar-refractivity contribution is 6.00. The zero-order valence-electron chi connectivity index (χ0n) is 37.4. The summed E-state index contributed by atoms with van der Waals surface area (Å²) in [6.07, 6.45) is 8.86. The van der Waals surface area contributed by atoms with Gasteiger partial charge in [-0.05, 0) is 123 Å². The summed E-state index contributed by atoms with van der Waals surface area (Å²) in [6, 6.07) is 5.98. The third-order valence-corrected chi connectivity index (χ3v) is 17.1. The Hall–Kier alpha value is -2.66. The minimum atomic E-state index is -1.17. The van der Waals surface area contributed by atoms with E-state index in [9.17, 15) is 24.6 Å². The van der Waals surface area contributed by atoms with Gasteiger partial charge in [-0.2, -0.15) is 0 Å². The Kier molecular flexibility index (Phi) is 12.9. The summed E-state index contributed by atoms with van der Waals surface area (Å²) in [7, 11) is 1.71. The van der Waals surface area contributed by atoms with E-state index in [-0.39, 0.29) is 51.8 Å². The third-order valence-electron chi connectivity index (χ3n) is 17.1. The van der Waals surface area contributed by atoms with Gasteiger partial charge >= 0.3 is 11.9 Å². The quantitative estimate of drug-likeness (QED) is 0.112. The minimum absolute atomic E-state index is 0.0308. The molecule has 4 saturated carbocycles. The Bertz CT molecular complexity index is 1710. The van der Waals surface area contributed by atoms with Crippen molar-refractivity contribution >= 4 is 17.7 Å². The van der Waals surface area contributed by atoms with Crippen molar-refractivity contribution in [1.29, 1.82) is 0 Å². The molecule has 0 saturated heterocycles. The van der Waals surface area contributed by atoms with Crippen LogP contribution in [0.25, 0.3) is 0 Å². The van der Waals surface area contributed by atoms with Gasteiger partial charge in [0.1, 0.15) is 6.10 Å². The first-order chi connectivity index (χ1) is 27.2. The van der Waals surface area contributed by atoms with Gasteiger partial charge in [0, 0.05) is 63.3 Å². The fourth-order valence-corrected chi connectivity index (χ4v) is 13.8. The number of nitrogens with one attached hydrogen (secondary N) is 1. The molecule has 10 heteroatoms. The Labute approximate surface area is 348 Å². The first-order valence-electron chi connectivity index (χ1n) is 22.4. The molecule has 4 fully saturated rings. The summed E-state index contributed by atoms with van der Waals surface area (Å²) in [5.74, 6) is -0.0398. The van der Waals surface area contributed by atoms with Gasteiger partial charge in [-0.15, -0.1) is 0 Å². The molecule has 6 rings (SSSR count). The molecular weight excluding hydrogens is 731 g/mol. The molecule has 1 aromatic rings. The summed E-state index contributed by atoms with van der Waals surface area (Å²) in [5, 5.41) is 25.8. The smallest absolute Gasteiger partial charge is 0.309 e. The largest absolute Gasteiger partial charge is 0.481 e. The molecule has 10 nitrogen and oxygen atoms in total. The van der Waals surface area contributed by atoms with Crippen LogP contribution in [0.1, 0.15) is 132 Å². The maximum absolute atomic E-state index is 14.3. The van der Waals surface area contributed by atoms with Crippen molar-refractivity contribution in [1.82, 2.24) is 15.2 Å². The van der Waals surface area contributed by atoms with E-state index in [1.165, 1.54) is 5.57 Å². The number of carbonyl (C=O) groups excluding carboxylic acids is 2. The van der Waals surface area contributed by atoms with Crippen LogP contribution in [0.15, 0.2) is 35.5 Å². The van der Waals surface area contributed by atoms with E-state index in [0.29, 0.717) is 38.0 Å².